The van der Waals surface area contributed by atoms with Gasteiger partial charge in [-0.1, -0.05) is 5.16 Å². The molecule has 1 fully saturated rings. The number of aromatic nitrogens is 2. The van der Waals surface area contributed by atoms with Crippen LogP contribution in [0, 0.1) is 5.92 Å². The molecule has 9 heteroatoms. The van der Waals surface area contributed by atoms with Crippen LogP contribution in [0.5, 0.6) is 0 Å². The van der Waals surface area contributed by atoms with Gasteiger partial charge in [-0.2, -0.15) is 4.98 Å². The van der Waals surface area contributed by atoms with Crippen molar-refractivity contribution in [1.82, 2.24) is 15.5 Å². The van der Waals surface area contributed by atoms with Gasteiger partial charge in [-0.3, -0.25) is 4.79 Å². The van der Waals surface area contributed by atoms with Gasteiger partial charge in [0.1, 0.15) is 0 Å². The lowest BCUT2D eigenvalue weighted by atomic mass is 10.1. The van der Waals surface area contributed by atoms with E-state index in [0.717, 1.165) is 22.2 Å². The smallest absolute Gasteiger partial charge is 0.227 e. The number of nitrogens with one attached hydrogen (secondary N) is 1. The number of rotatable bonds is 7. The number of carbonyl (C=O) groups is 1. The largest absolute Gasteiger partial charge is 0.352 e. The maximum Gasteiger partial charge on any atom is 0.227 e. The topological polar surface area (TPSA) is 94.0 Å². The fourth-order valence-electron chi connectivity index (χ4n) is 2.25. The molecule has 2 heterocycles. The predicted molar refractivity (Wildman–Crippen MR) is 94.6 cm³/mol. The molecule has 23 heavy (non-hydrogen) atoms. The summed E-state index contributed by atoms with van der Waals surface area (Å²) in [4.78, 5) is 17.2. The summed E-state index contributed by atoms with van der Waals surface area (Å²) in [6.07, 6.45) is 3.09. The number of carbonyl (C=O) groups excluding carboxylic acids is 1. The van der Waals surface area contributed by atoms with Crippen molar-refractivity contribution in [3.05, 3.63) is 21.8 Å². The highest BCUT2D eigenvalue weighted by molar-refractivity contribution is 9.10. The summed E-state index contributed by atoms with van der Waals surface area (Å²) in [7, 11) is 0. The van der Waals surface area contributed by atoms with Gasteiger partial charge in [0.25, 0.3) is 0 Å². The number of hydrogen-bond acceptors (Lipinski definition) is 6. The first-order valence-electron chi connectivity index (χ1n) is 7.22. The molecular formula is C14H18BrClN4O2S. The number of amides is 1. The van der Waals surface area contributed by atoms with E-state index >= 15 is 0 Å². The van der Waals surface area contributed by atoms with Crippen molar-refractivity contribution >= 4 is 45.6 Å². The van der Waals surface area contributed by atoms with Crippen LogP contribution < -0.4 is 11.1 Å². The highest BCUT2D eigenvalue weighted by Crippen LogP contribution is 2.32. The standard InChI is InChI=1S/C14H17BrN4O2S.ClH/c15-9-5-11(22-7-9)14-18-13(21-19-14)4-3-12(20)17-10(6-16)8-1-2-8;/h5,7-8,10H,1-4,6,16H2,(H,17,20);1H. The van der Waals surface area contributed by atoms with Gasteiger partial charge in [0, 0.05) is 35.3 Å². The first-order chi connectivity index (χ1) is 10.7. The van der Waals surface area contributed by atoms with Crippen LogP contribution in [0.1, 0.15) is 25.2 Å². The van der Waals surface area contributed by atoms with Crippen LogP contribution >= 0.6 is 39.7 Å². The van der Waals surface area contributed by atoms with E-state index in [1.807, 2.05) is 11.4 Å². The molecule has 0 aliphatic heterocycles. The minimum absolute atomic E-state index is 0. The summed E-state index contributed by atoms with van der Waals surface area (Å²) >= 11 is 4.93. The Morgan fingerprint density at radius 1 is 1.57 bits per heavy atom. The number of nitrogens with two attached hydrogens (primary N) is 1. The Morgan fingerprint density at radius 2 is 2.35 bits per heavy atom. The molecule has 1 saturated carbocycles. The Bertz CT molecular complexity index is 659. The van der Waals surface area contributed by atoms with E-state index in [1.165, 1.54) is 11.3 Å². The average molecular weight is 422 g/mol. The van der Waals surface area contributed by atoms with Gasteiger partial charge < -0.3 is 15.6 Å². The Morgan fingerprint density at radius 3 is 2.96 bits per heavy atom. The molecule has 1 atom stereocenters. The van der Waals surface area contributed by atoms with Crippen molar-refractivity contribution in [3.63, 3.8) is 0 Å². The van der Waals surface area contributed by atoms with Crippen molar-refractivity contribution in [2.75, 3.05) is 6.54 Å². The van der Waals surface area contributed by atoms with E-state index < -0.39 is 0 Å². The molecule has 1 aliphatic rings. The van der Waals surface area contributed by atoms with Gasteiger partial charge in [0.05, 0.1) is 4.88 Å². The normalized spacial score (nSPS) is 15.0. The van der Waals surface area contributed by atoms with Gasteiger partial charge >= 0.3 is 0 Å². The Balaban J connectivity index is 0.00000192. The second-order valence-corrected chi connectivity index (χ2v) is 7.21. The van der Waals surface area contributed by atoms with E-state index in [1.54, 1.807) is 0 Å². The van der Waals surface area contributed by atoms with Gasteiger partial charge in [0.15, 0.2) is 0 Å². The third-order valence-corrected chi connectivity index (χ3v) is 5.30. The number of thiophene rings is 1. The van der Waals surface area contributed by atoms with Crippen LogP contribution in [-0.2, 0) is 11.2 Å². The average Bonchev–Trinajstić information content (AvgIpc) is 3.08. The highest BCUT2D eigenvalue weighted by Gasteiger charge is 2.31. The van der Waals surface area contributed by atoms with E-state index in [9.17, 15) is 4.79 Å². The molecular weight excluding hydrogens is 404 g/mol. The quantitative estimate of drug-likeness (QED) is 0.717. The first kappa shape index (κ1) is 18.4. The van der Waals surface area contributed by atoms with Crippen molar-refractivity contribution < 1.29 is 9.32 Å². The fourth-order valence-corrected chi connectivity index (χ4v) is 3.61. The lowest BCUT2D eigenvalue weighted by Crippen LogP contribution is -2.41. The first-order valence-corrected chi connectivity index (χ1v) is 8.89. The van der Waals surface area contributed by atoms with Crippen LogP contribution in [-0.4, -0.2) is 28.6 Å². The molecule has 126 valence electrons. The molecule has 1 amide bonds. The van der Waals surface area contributed by atoms with Crippen LogP contribution in [0.25, 0.3) is 10.7 Å². The van der Waals surface area contributed by atoms with Crippen molar-refractivity contribution in [2.45, 2.75) is 31.7 Å². The van der Waals surface area contributed by atoms with Crippen LogP contribution in [0.4, 0.5) is 0 Å². The minimum Gasteiger partial charge on any atom is -0.352 e. The number of aryl methyl sites for hydroxylation is 1. The van der Waals surface area contributed by atoms with Gasteiger partial charge in [0.2, 0.25) is 17.6 Å². The van der Waals surface area contributed by atoms with Crippen molar-refractivity contribution in [2.24, 2.45) is 11.7 Å². The maximum absolute atomic E-state index is 11.9. The zero-order valence-electron chi connectivity index (χ0n) is 12.3. The lowest BCUT2D eigenvalue weighted by molar-refractivity contribution is -0.121. The summed E-state index contributed by atoms with van der Waals surface area (Å²) in [6, 6.07) is 2.04. The lowest BCUT2D eigenvalue weighted by Gasteiger charge is -2.15. The molecule has 1 unspecified atom stereocenters. The Kier molecular flexibility index (Phi) is 6.58. The molecule has 0 spiro atoms. The molecule has 0 saturated heterocycles. The summed E-state index contributed by atoms with van der Waals surface area (Å²) < 4.78 is 6.19. The van der Waals surface area contributed by atoms with E-state index in [0.29, 0.717) is 37.0 Å². The summed E-state index contributed by atoms with van der Waals surface area (Å²) in [5.74, 6) is 1.58. The highest BCUT2D eigenvalue weighted by atomic mass is 79.9. The molecule has 1 aliphatic carbocycles. The van der Waals surface area contributed by atoms with Crippen LogP contribution in [0.2, 0.25) is 0 Å². The van der Waals surface area contributed by atoms with Gasteiger partial charge in [-0.25, -0.2) is 0 Å². The number of halogens is 2. The Hall–Kier alpha value is -0.960. The monoisotopic (exact) mass is 420 g/mol. The van der Waals surface area contributed by atoms with E-state index in [-0.39, 0.29) is 24.4 Å². The molecule has 0 aromatic carbocycles. The van der Waals surface area contributed by atoms with E-state index in [4.69, 9.17) is 10.3 Å². The third kappa shape index (κ3) is 5.00. The zero-order valence-corrected chi connectivity index (χ0v) is 15.5. The molecule has 3 N–H and O–H groups in total. The second kappa shape index (κ2) is 8.23. The molecule has 2 aromatic rings. The molecule has 0 radical (unpaired) electrons. The van der Waals surface area contributed by atoms with Gasteiger partial charge in [-0.05, 0) is 40.8 Å². The fraction of sp³-hybridized carbons (Fsp3) is 0.500. The minimum atomic E-state index is -0.0130. The van der Waals surface area contributed by atoms with Crippen LogP contribution in [0.15, 0.2) is 20.4 Å². The summed E-state index contributed by atoms with van der Waals surface area (Å²) in [6.45, 7) is 0.494. The van der Waals surface area contributed by atoms with Crippen molar-refractivity contribution in [1.29, 1.82) is 0 Å². The zero-order chi connectivity index (χ0) is 15.5. The predicted octanol–water partition coefficient (Wildman–Crippen LogP) is 2.77. The van der Waals surface area contributed by atoms with Crippen molar-refractivity contribution in [3.8, 4) is 10.7 Å². The molecule has 3 rings (SSSR count). The molecule has 0 bridgehead atoms. The summed E-state index contributed by atoms with van der Waals surface area (Å²) in [5.41, 5.74) is 5.68. The third-order valence-electron chi connectivity index (χ3n) is 3.61. The van der Waals surface area contributed by atoms with Gasteiger partial charge in [-0.15, -0.1) is 23.7 Å². The number of nitrogens with zero attached hydrogens (tertiary/aromatic N) is 2. The maximum atomic E-state index is 11.9. The van der Waals surface area contributed by atoms with E-state index in [2.05, 4.69) is 31.4 Å². The SMILES string of the molecule is Cl.NCC(NC(=O)CCc1nc(-c2cc(Br)cs2)no1)C1CC1. The Labute approximate surface area is 152 Å². The second-order valence-electron chi connectivity index (χ2n) is 5.39. The molecule has 6 nitrogen and oxygen atoms in total. The number of hydrogen-bond donors (Lipinski definition) is 2. The van der Waals surface area contributed by atoms with Crippen LogP contribution in [0.3, 0.4) is 0 Å². The molecule has 2 aromatic heterocycles. The summed E-state index contributed by atoms with van der Waals surface area (Å²) in [5, 5.41) is 8.89.